The van der Waals surface area contributed by atoms with E-state index in [1.54, 1.807) is 24.2 Å². The molecule has 0 saturated carbocycles. The van der Waals surface area contributed by atoms with Crippen molar-refractivity contribution in [3.05, 3.63) is 87.0 Å². The first kappa shape index (κ1) is 35.1. The molecule has 3 heteroatoms. The molecule has 4 rings (SSSR count). The molecule has 0 aliphatic heterocycles. The molecule has 0 N–H and O–H groups in total. The van der Waals surface area contributed by atoms with Crippen molar-refractivity contribution in [1.29, 1.82) is 0 Å². The van der Waals surface area contributed by atoms with Crippen LogP contribution in [-0.2, 0) is 42.5 Å². The van der Waals surface area contributed by atoms with Crippen molar-refractivity contribution in [2.75, 3.05) is 0 Å². The van der Waals surface area contributed by atoms with Crippen molar-refractivity contribution >= 4 is 3.21 Å². The largest absolute Gasteiger partial charge is 1.00 e. The van der Waals surface area contributed by atoms with E-state index in [9.17, 15) is 0 Å². The number of hydrogen-bond donors (Lipinski definition) is 0. The number of hydrogen-bond acceptors (Lipinski definition) is 0. The van der Waals surface area contributed by atoms with E-state index in [1.165, 1.54) is 78.1 Å². The van der Waals surface area contributed by atoms with Crippen molar-refractivity contribution in [3.8, 4) is 11.1 Å². The third-order valence-electron chi connectivity index (χ3n) is 6.50. The summed E-state index contributed by atoms with van der Waals surface area (Å²) in [5.74, 6) is 0. The number of rotatable bonds is 3. The van der Waals surface area contributed by atoms with Gasteiger partial charge in [-0.3, -0.25) is 0 Å². The van der Waals surface area contributed by atoms with Gasteiger partial charge in [-0.2, -0.15) is 46.5 Å². The van der Waals surface area contributed by atoms with Crippen LogP contribution >= 0.6 is 0 Å². The first-order chi connectivity index (χ1) is 15.8. The van der Waals surface area contributed by atoms with Crippen LogP contribution in [0.4, 0.5) is 0 Å². The van der Waals surface area contributed by atoms with Gasteiger partial charge in [0.25, 0.3) is 0 Å². The predicted octanol–water partition coefficient (Wildman–Crippen LogP) is 3.09. The van der Waals surface area contributed by atoms with Crippen LogP contribution in [0, 0.1) is 33.8 Å². The van der Waals surface area contributed by atoms with Gasteiger partial charge in [0.05, 0.1) is 0 Å². The molecule has 196 valence electrons. The van der Waals surface area contributed by atoms with Gasteiger partial charge in [0, 0.05) is 0 Å². The molecular weight excluding hydrogens is 558 g/mol. The quantitative estimate of drug-likeness (QED) is 0.317. The van der Waals surface area contributed by atoms with Crippen LogP contribution in [0.2, 0.25) is 0 Å². The Kier molecular flexibility index (Phi) is 15.1. The standard InChI is InChI=1S/C17H17.C13H21.C3H6.2ClH.Zr/c1-10-5-14-9-15-6-11(2)13(4)8-17(15)16(14)7-12(10)3;1-5-6-7-11-8-9-12(10-11)13(2,3)4;1-3-2;;;/h5,7-8H,9H2,1-4H3;8-10H,5-7H2,1-4H3;1-2H3;2*1H;/q2*-1;;;;+2/p-2. The Bertz CT molecular complexity index is 1070. The normalized spacial score (nSPS) is 11.0. The average molecular weight is 603 g/mol. The van der Waals surface area contributed by atoms with Crippen LogP contribution in [0.15, 0.2) is 36.4 Å². The average Bonchev–Trinajstić information content (AvgIpc) is 3.33. The Hall–Kier alpha value is -0.877. The van der Waals surface area contributed by atoms with Crippen molar-refractivity contribution in [1.82, 2.24) is 0 Å². The Morgan fingerprint density at radius 1 is 0.917 bits per heavy atom. The second-order valence-corrected chi connectivity index (χ2v) is 13.6. The monoisotopic (exact) mass is 600 g/mol. The zero-order valence-corrected chi connectivity index (χ0v) is 28.0. The van der Waals surface area contributed by atoms with E-state index in [2.05, 4.69) is 112 Å². The van der Waals surface area contributed by atoms with Gasteiger partial charge in [0.1, 0.15) is 0 Å². The first-order valence-corrected chi connectivity index (χ1v) is 14.0. The Morgan fingerprint density at radius 3 is 2.00 bits per heavy atom. The summed E-state index contributed by atoms with van der Waals surface area (Å²) in [6.45, 7) is 22.0. The summed E-state index contributed by atoms with van der Waals surface area (Å²) in [5, 5.41) is 0. The smallest absolute Gasteiger partial charge is 0.0253 e. The minimum absolute atomic E-state index is 0. The molecule has 0 fully saturated rings. The molecule has 1 aliphatic rings. The molecular formula is C33H44Cl2Zr-2. The van der Waals surface area contributed by atoms with Gasteiger partial charge < -0.3 is 24.8 Å². The minimum Gasteiger partial charge on any atom is -1.00 e. The van der Waals surface area contributed by atoms with Crippen molar-refractivity contribution in [2.24, 2.45) is 0 Å². The summed E-state index contributed by atoms with van der Waals surface area (Å²) >= 11 is 1.55. The van der Waals surface area contributed by atoms with Crippen LogP contribution in [0.25, 0.3) is 11.1 Å². The van der Waals surface area contributed by atoms with Crippen molar-refractivity contribution in [3.63, 3.8) is 0 Å². The molecule has 1 aliphatic carbocycles. The molecule has 3 aromatic rings. The first-order valence-electron chi connectivity index (χ1n) is 12.7. The zero-order chi connectivity index (χ0) is 25.6. The zero-order valence-electron chi connectivity index (χ0n) is 24.0. The van der Waals surface area contributed by atoms with Crippen molar-refractivity contribution < 1.29 is 49.0 Å². The number of fused-ring (bicyclic) bond motifs is 3. The third-order valence-corrected chi connectivity index (χ3v) is 6.50. The molecule has 0 aromatic heterocycles. The SMILES string of the molecule is CCCCc1cc(C(C)(C)C)c[cH-]1.C[C](C)=[Zr+2].Cc1[c-]c2c(cc1C)-c1cc(C)c(C)cc1C2.[Cl-].[Cl-]. The molecule has 0 radical (unpaired) electrons. The summed E-state index contributed by atoms with van der Waals surface area (Å²) in [6.07, 6.45) is 4.89. The summed E-state index contributed by atoms with van der Waals surface area (Å²) in [7, 11) is 0. The van der Waals surface area contributed by atoms with Crippen LogP contribution in [0.3, 0.4) is 0 Å². The third kappa shape index (κ3) is 10.1. The number of halogens is 2. The van der Waals surface area contributed by atoms with Gasteiger partial charge in [-0.25, -0.2) is 6.07 Å². The molecule has 0 amide bonds. The Balaban J connectivity index is 0.000000581. The van der Waals surface area contributed by atoms with Gasteiger partial charge in [-0.15, -0.1) is 11.1 Å². The topological polar surface area (TPSA) is 0 Å². The molecule has 0 nitrogen and oxygen atoms in total. The van der Waals surface area contributed by atoms with E-state index >= 15 is 0 Å². The van der Waals surface area contributed by atoms with Crippen LogP contribution < -0.4 is 24.8 Å². The molecule has 0 unspecified atom stereocenters. The molecule has 0 saturated heterocycles. The van der Waals surface area contributed by atoms with Crippen molar-refractivity contribution in [2.45, 2.75) is 100 Å². The van der Waals surface area contributed by atoms with Crippen LogP contribution in [0.1, 0.15) is 98.9 Å². The summed E-state index contributed by atoms with van der Waals surface area (Å²) < 4.78 is 1.51. The summed E-state index contributed by atoms with van der Waals surface area (Å²) in [5.41, 5.74) is 14.3. The van der Waals surface area contributed by atoms with Crippen LogP contribution in [-0.4, -0.2) is 3.21 Å². The second kappa shape index (κ2) is 15.5. The van der Waals surface area contributed by atoms with E-state index in [1.807, 2.05) is 0 Å². The van der Waals surface area contributed by atoms with Gasteiger partial charge in [0.15, 0.2) is 0 Å². The second-order valence-electron chi connectivity index (χ2n) is 11.1. The van der Waals surface area contributed by atoms with Gasteiger partial charge in [0.2, 0.25) is 0 Å². The van der Waals surface area contributed by atoms with E-state index in [-0.39, 0.29) is 24.8 Å². The van der Waals surface area contributed by atoms with E-state index < -0.39 is 0 Å². The maximum atomic E-state index is 3.54. The number of aryl methyl sites for hydroxylation is 5. The fraction of sp³-hybridized carbons (Fsp3) is 0.455. The summed E-state index contributed by atoms with van der Waals surface area (Å²) in [6, 6.07) is 17.4. The molecule has 0 spiro atoms. The molecule has 0 heterocycles. The molecule has 0 bridgehead atoms. The van der Waals surface area contributed by atoms with Gasteiger partial charge in [-0.1, -0.05) is 83.9 Å². The molecule has 0 atom stereocenters. The fourth-order valence-corrected chi connectivity index (χ4v) is 4.14. The van der Waals surface area contributed by atoms with E-state index in [4.69, 9.17) is 0 Å². The Labute approximate surface area is 249 Å². The fourth-order valence-electron chi connectivity index (χ4n) is 4.14. The summed E-state index contributed by atoms with van der Waals surface area (Å²) in [4.78, 5) is 0. The maximum absolute atomic E-state index is 3.54. The molecule has 36 heavy (non-hydrogen) atoms. The van der Waals surface area contributed by atoms with Crippen LogP contribution in [0.5, 0.6) is 0 Å². The number of benzene rings is 2. The predicted molar refractivity (Wildman–Crippen MR) is 148 cm³/mol. The van der Waals surface area contributed by atoms with Gasteiger partial charge >= 0.3 is 41.3 Å². The minimum atomic E-state index is 0. The Morgan fingerprint density at radius 2 is 1.47 bits per heavy atom. The van der Waals surface area contributed by atoms with E-state index in [0.717, 1.165) is 6.42 Å². The van der Waals surface area contributed by atoms with E-state index in [0.29, 0.717) is 5.41 Å². The maximum Gasteiger partial charge on any atom is -0.0253 e. The van der Waals surface area contributed by atoms with Gasteiger partial charge in [-0.05, 0) is 37.0 Å². The molecule has 3 aromatic carbocycles. The number of unbranched alkanes of at least 4 members (excludes halogenated alkanes) is 1.